The van der Waals surface area contributed by atoms with Crippen LogP contribution in [0.25, 0.3) is 0 Å². The van der Waals surface area contributed by atoms with Crippen molar-refractivity contribution >= 4 is 17.5 Å². The highest BCUT2D eigenvalue weighted by atomic mass is 35.5. The number of amides is 1. The first-order chi connectivity index (χ1) is 9.09. The average molecular weight is 281 g/mol. The van der Waals surface area contributed by atoms with Crippen molar-refractivity contribution in [1.29, 1.82) is 0 Å². The zero-order chi connectivity index (χ0) is 13.8. The number of nitrogens with one attached hydrogen (secondary N) is 2. The maximum Gasteiger partial charge on any atom is 0.253 e. The van der Waals surface area contributed by atoms with Gasteiger partial charge in [-0.2, -0.15) is 0 Å². The number of aryl methyl sites for hydroxylation is 1. The van der Waals surface area contributed by atoms with Crippen LogP contribution in [0.4, 0.5) is 0 Å². The van der Waals surface area contributed by atoms with E-state index < -0.39 is 0 Å². The summed E-state index contributed by atoms with van der Waals surface area (Å²) in [5.41, 5.74) is 1.50. The maximum atomic E-state index is 12.3. The molecule has 1 saturated heterocycles. The monoisotopic (exact) mass is 280 g/mol. The van der Waals surface area contributed by atoms with Gasteiger partial charge >= 0.3 is 0 Å². The average Bonchev–Trinajstić information content (AvgIpc) is 2.42. The molecule has 0 spiro atoms. The van der Waals surface area contributed by atoms with Gasteiger partial charge in [0.2, 0.25) is 0 Å². The van der Waals surface area contributed by atoms with Crippen LogP contribution in [0.5, 0.6) is 0 Å². The first-order valence-corrected chi connectivity index (χ1v) is 7.24. The van der Waals surface area contributed by atoms with Gasteiger partial charge in [-0.05, 0) is 57.3 Å². The third-order valence-corrected chi connectivity index (χ3v) is 4.34. The Morgan fingerprint density at radius 3 is 3.00 bits per heavy atom. The van der Waals surface area contributed by atoms with Gasteiger partial charge in [-0.3, -0.25) is 4.79 Å². The molecule has 4 heteroatoms. The van der Waals surface area contributed by atoms with Crippen molar-refractivity contribution in [3.8, 4) is 0 Å². The van der Waals surface area contributed by atoms with Gasteiger partial charge in [0.25, 0.3) is 5.91 Å². The van der Waals surface area contributed by atoms with E-state index in [0.717, 1.165) is 25.1 Å². The summed E-state index contributed by atoms with van der Waals surface area (Å²) in [6.07, 6.45) is 2.34. The van der Waals surface area contributed by atoms with Crippen molar-refractivity contribution in [2.75, 3.05) is 13.1 Å². The smallest absolute Gasteiger partial charge is 0.253 e. The lowest BCUT2D eigenvalue weighted by molar-refractivity contribution is 0.0922. The Morgan fingerprint density at radius 2 is 2.32 bits per heavy atom. The summed E-state index contributed by atoms with van der Waals surface area (Å²) in [6.45, 7) is 6.04. The Labute approximate surface area is 119 Å². The number of hydrogen-bond donors (Lipinski definition) is 2. The molecule has 0 saturated carbocycles. The van der Waals surface area contributed by atoms with Crippen molar-refractivity contribution in [2.24, 2.45) is 5.92 Å². The fraction of sp³-hybridized carbons (Fsp3) is 0.533. The zero-order valence-electron chi connectivity index (χ0n) is 11.5. The maximum absolute atomic E-state index is 12.3. The molecular formula is C15H21ClN2O. The Bertz CT molecular complexity index is 455. The molecule has 0 aliphatic carbocycles. The molecule has 0 aromatic heterocycles. The Balaban J connectivity index is 2.02. The second-order valence-corrected chi connectivity index (χ2v) is 5.68. The fourth-order valence-corrected chi connectivity index (χ4v) is 2.74. The van der Waals surface area contributed by atoms with Gasteiger partial charge in [0.15, 0.2) is 0 Å². The minimum absolute atomic E-state index is 0.0771. The van der Waals surface area contributed by atoms with Crippen LogP contribution in [0.2, 0.25) is 5.02 Å². The Kier molecular flexibility index (Phi) is 4.83. The molecule has 2 atom stereocenters. The first-order valence-electron chi connectivity index (χ1n) is 6.86. The molecule has 1 aromatic rings. The van der Waals surface area contributed by atoms with Crippen molar-refractivity contribution in [3.05, 3.63) is 34.3 Å². The lowest BCUT2D eigenvalue weighted by atomic mass is 9.92. The molecule has 1 aromatic carbocycles. The predicted molar refractivity (Wildman–Crippen MR) is 78.7 cm³/mol. The highest BCUT2D eigenvalue weighted by Gasteiger charge is 2.22. The molecule has 3 nitrogen and oxygen atoms in total. The van der Waals surface area contributed by atoms with Gasteiger partial charge in [0.1, 0.15) is 0 Å². The van der Waals surface area contributed by atoms with Crippen molar-refractivity contribution in [2.45, 2.75) is 32.7 Å². The van der Waals surface area contributed by atoms with Crippen LogP contribution in [-0.4, -0.2) is 25.0 Å². The summed E-state index contributed by atoms with van der Waals surface area (Å²) in [7, 11) is 0. The van der Waals surface area contributed by atoms with E-state index >= 15 is 0 Å². The number of hydrogen-bond acceptors (Lipinski definition) is 2. The molecule has 1 fully saturated rings. The van der Waals surface area contributed by atoms with Crippen molar-refractivity contribution in [1.82, 2.24) is 10.6 Å². The summed E-state index contributed by atoms with van der Waals surface area (Å²) in [5, 5.41) is 6.99. The second-order valence-electron chi connectivity index (χ2n) is 5.31. The van der Waals surface area contributed by atoms with Crippen LogP contribution < -0.4 is 10.6 Å². The number of carbonyl (C=O) groups excluding carboxylic acids is 1. The van der Waals surface area contributed by atoms with Gasteiger partial charge in [-0.25, -0.2) is 0 Å². The molecule has 1 amide bonds. The van der Waals surface area contributed by atoms with Gasteiger partial charge in [0, 0.05) is 6.04 Å². The second kappa shape index (κ2) is 6.40. The van der Waals surface area contributed by atoms with Gasteiger partial charge in [0.05, 0.1) is 10.6 Å². The fourth-order valence-electron chi connectivity index (χ4n) is 2.53. The molecule has 2 N–H and O–H groups in total. The van der Waals surface area contributed by atoms with Crippen LogP contribution >= 0.6 is 11.6 Å². The van der Waals surface area contributed by atoms with E-state index in [9.17, 15) is 4.79 Å². The number of piperidine rings is 1. The van der Waals surface area contributed by atoms with E-state index in [1.165, 1.54) is 6.42 Å². The predicted octanol–water partition coefficient (Wildman–Crippen LogP) is 2.77. The lowest BCUT2D eigenvalue weighted by Crippen LogP contribution is -2.44. The van der Waals surface area contributed by atoms with Gasteiger partial charge in [-0.1, -0.05) is 23.7 Å². The molecule has 1 aliphatic heterocycles. The van der Waals surface area contributed by atoms with Gasteiger partial charge < -0.3 is 10.6 Å². The number of halogens is 1. The van der Waals surface area contributed by atoms with E-state index in [4.69, 9.17) is 11.6 Å². The molecule has 1 heterocycles. The van der Waals surface area contributed by atoms with Crippen LogP contribution in [0.3, 0.4) is 0 Å². The van der Waals surface area contributed by atoms with E-state index in [1.807, 2.05) is 19.1 Å². The third kappa shape index (κ3) is 3.48. The standard InChI is InChI=1S/C15H21ClN2O/c1-10-5-3-7-13(14(10)16)15(19)18-11(2)12-6-4-8-17-9-12/h3,5,7,11-12,17H,4,6,8-9H2,1-2H3,(H,18,19). The van der Waals surface area contributed by atoms with Crippen LogP contribution in [0.1, 0.15) is 35.7 Å². The highest BCUT2D eigenvalue weighted by Crippen LogP contribution is 2.21. The minimum atomic E-state index is -0.0771. The van der Waals surface area contributed by atoms with Crippen LogP contribution in [-0.2, 0) is 0 Å². The molecule has 19 heavy (non-hydrogen) atoms. The minimum Gasteiger partial charge on any atom is -0.349 e. The quantitative estimate of drug-likeness (QED) is 0.894. The number of benzene rings is 1. The topological polar surface area (TPSA) is 41.1 Å². The summed E-state index contributed by atoms with van der Waals surface area (Å²) >= 11 is 6.18. The van der Waals surface area contributed by atoms with Crippen LogP contribution in [0, 0.1) is 12.8 Å². The van der Waals surface area contributed by atoms with E-state index in [0.29, 0.717) is 16.5 Å². The van der Waals surface area contributed by atoms with Crippen molar-refractivity contribution < 1.29 is 4.79 Å². The summed E-state index contributed by atoms with van der Waals surface area (Å²) in [5.74, 6) is 0.424. The number of rotatable bonds is 3. The normalized spacial score (nSPS) is 20.9. The van der Waals surface area contributed by atoms with E-state index in [-0.39, 0.29) is 11.9 Å². The zero-order valence-corrected chi connectivity index (χ0v) is 12.3. The third-order valence-electron chi connectivity index (χ3n) is 3.84. The first kappa shape index (κ1) is 14.4. The molecule has 104 valence electrons. The SMILES string of the molecule is Cc1cccc(C(=O)NC(C)C2CCCNC2)c1Cl. The van der Waals surface area contributed by atoms with E-state index in [2.05, 4.69) is 17.6 Å². The molecule has 2 rings (SSSR count). The Hall–Kier alpha value is -1.06. The van der Waals surface area contributed by atoms with Crippen molar-refractivity contribution in [3.63, 3.8) is 0 Å². The van der Waals surface area contributed by atoms with Crippen LogP contribution in [0.15, 0.2) is 18.2 Å². The Morgan fingerprint density at radius 1 is 1.53 bits per heavy atom. The molecule has 2 unspecified atom stereocenters. The highest BCUT2D eigenvalue weighted by molar-refractivity contribution is 6.34. The molecule has 1 aliphatic rings. The summed E-state index contributed by atoms with van der Waals surface area (Å²) < 4.78 is 0. The molecule has 0 bridgehead atoms. The number of carbonyl (C=O) groups is 1. The van der Waals surface area contributed by atoms with E-state index in [1.54, 1.807) is 6.07 Å². The summed E-state index contributed by atoms with van der Waals surface area (Å²) in [4.78, 5) is 12.3. The molecule has 0 radical (unpaired) electrons. The largest absolute Gasteiger partial charge is 0.349 e. The summed E-state index contributed by atoms with van der Waals surface area (Å²) in [6, 6.07) is 5.71. The molecular weight excluding hydrogens is 260 g/mol. The van der Waals surface area contributed by atoms with Gasteiger partial charge in [-0.15, -0.1) is 0 Å². The lowest BCUT2D eigenvalue weighted by Gasteiger charge is -2.29.